The molecule has 5 nitrogen and oxygen atoms in total. The van der Waals surface area contributed by atoms with Crippen LogP contribution in [0.3, 0.4) is 0 Å². The highest BCUT2D eigenvalue weighted by Gasteiger charge is 2.09. The monoisotopic (exact) mass is 290 g/mol. The molecule has 1 heterocycles. The summed E-state index contributed by atoms with van der Waals surface area (Å²) in [5.74, 6) is 0.948. The SMILES string of the molecule is CCCNC(CO)CCSc1nnc(N(C)C)s1. The Morgan fingerprint density at radius 1 is 1.44 bits per heavy atom. The third-order valence-electron chi connectivity index (χ3n) is 2.37. The molecule has 104 valence electrons. The van der Waals surface area contributed by atoms with Crippen LogP contribution in [0, 0.1) is 0 Å². The van der Waals surface area contributed by atoms with Crippen LogP contribution < -0.4 is 10.2 Å². The average Bonchev–Trinajstić information content (AvgIpc) is 2.82. The third kappa shape index (κ3) is 5.51. The number of aromatic nitrogens is 2. The van der Waals surface area contributed by atoms with Gasteiger partial charge >= 0.3 is 0 Å². The summed E-state index contributed by atoms with van der Waals surface area (Å²) in [5, 5.41) is 21.7. The minimum absolute atomic E-state index is 0.193. The average molecular weight is 290 g/mol. The molecule has 0 saturated heterocycles. The van der Waals surface area contributed by atoms with Gasteiger partial charge in [-0.2, -0.15) is 0 Å². The highest BCUT2D eigenvalue weighted by Crippen LogP contribution is 2.27. The molecular formula is C11H22N4OS2. The van der Waals surface area contributed by atoms with Gasteiger partial charge in [-0.05, 0) is 19.4 Å². The van der Waals surface area contributed by atoms with E-state index in [1.54, 1.807) is 23.1 Å². The van der Waals surface area contributed by atoms with Crippen LogP contribution in [0.1, 0.15) is 19.8 Å². The molecule has 7 heteroatoms. The van der Waals surface area contributed by atoms with Gasteiger partial charge in [0.1, 0.15) is 0 Å². The molecule has 1 aromatic heterocycles. The smallest absolute Gasteiger partial charge is 0.208 e. The van der Waals surface area contributed by atoms with Crippen molar-refractivity contribution in [2.75, 3.05) is 37.9 Å². The second kappa shape index (κ2) is 8.68. The van der Waals surface area contributed by atoms with Crippen molar-refractivity contribution in [3.63, 3.8) is 0 Å². The van der Waals surface area contributed by atoms with Gasteiger partial charge in [0.15, 0.2) is 4.34 Å². The van der Waals surface area contributed by atoms with E-state index in [1.807, 2.05) is 19.0 Å². The first-order valence-electron chi connectivity index (χ1n) is 6.15. The summed E-state index contributed by atoms with van der Waals surface area (Å²) in [6.07, 6.45) is 2.03. The predicted octanol–water partition coefficient (Wildman–Crippen LogP) is 1.45. The van der Waals surface area contributed by atoms with Gasteiger partial charge in [0.25, 0.3) is 0 Å². The second-order valence-corrected chi connectivity index (χ2v) is 6.51. The van der Waals surface area contributed by atoms with Crippen molar-refractivity contribution < 1.29 is 5.11 Å². The first-order chi connectivity index (χ1) is 8.67. The number of thioether (sulfide) groups is 1. The van der Waals surface area contributed by atoms with Crippen LogP contribution in [0.15, 0.2) is 4.34 Å². The van der Waals surface area contributed by atoms with Crippen LogP contribution in [0.4, 0.5) is 5.13 Å². The van der Waals surface area contributed by atoms with Crippen LogP contribution in [0.5, 0.6) is 0 Å². The molecule has 0 aromatic carbocycles. The van der Waals surface area contributed by atoms with Crippen LogP contribution in [-0.2, 0) is 0 Å². The number of hydrogen-bond acceptors (Lipinski definition) is 7. The van der Waals surface area contributed by atoms with Crippen molar-refractivity contribution in [3.05, 3.63) is 0 Å². The molecule has 1 atom stereocenters. The number of rotatable bonds is 9. The van der Waals surface area contributed by atoms with Crippen molar-refractivity contribution >= 4 is 28.2 Å². The maximum absolute atomic E-state index is 9.22. The van der Waals surface area contributed by atoms with E-state index >= 15 is 0 Å². The lowest BCUT2D eigenvalue weighted by Crippen LogP contribution is -2.33. The molecule has 0 aliphatic heterocycles. The molecule has 0 aliphatic rings. The molecule has 0 aliphatic carbocycles. The molecule has 0 bridgehead atoms. The predicted molar refractivity (Wildman–Crippen MR) is 78.7 cm³/mol. The van der Waals surface area contributed by atoms with Gasteiger partial charge in [0, 0.05) is 25.9 Å². The lowest BCUT2D eigenvalue weighted by molar-refractivity contribution is 0.240. The van der Waals surface area contributed by atoms with Crippen molar-refractivity contribution in [2.24, 2.45) is 0 Å². The van der Waals surface area contributed by atoms with Gasteiger partial charge < -0.3 is 15.3 Å². The first-order valence-corrected chi connectivity index (χ1v) is 7.95. The molecule has 2 N–H and O–H groups in total. The molecule has 0 fully saturated rings. The van der Waals surface area contributed by atoms with Crippen molar-refractivity contribution in [1.82, 2.24) is 15.5 Å². The van der Waals surface area contributed by atoms with Crippen molar-refractivity contribution in [2.45, 2.75) is 30.1 Å². The Morgan fingerprint density at radius 2 is 2.22 bits per heavy atom. The number of nitrogens with zero attached hydrogens (tertiary/aromatic N) is 3. The molecule has 0 spiro atoms. The molecule has 0 radical (unpaired) electrons. The zero-order valence-corrected chi connectivity index (χ0v) is 12.9. The maximum atomic E-state index is 9.22. The van der Waals surface area contributed by atoms with Gasteiger partial charge in [-0.1, -0.05) is 30.0 Å². The number of anilines is 1. The fraction of sp³-hybridized carbons (Fsp3) is 0.818. The number of hydrogen-bond donors (Lipinski definition) is 2. The summed E-state index contributed by atoms with van der Waals surface area (Å²) in [4.78, 5) is 1.96. The van der Waals surface area contributed by atoms with E-state index < -0.39 is 0 Å². The summed E-state index contributed by atoms with van der Waals surface area (Å²) < 4.78 is 0.992. The van der Waals surface area contributed by atoms with E-state index in [0.717, 1.165) is 34.6 Å². The Hall–Kier alpha value is -0.370. The summed E-state index contributed by atoms with van der Waals surface area (Å²) in [6, 6.07) is 0.193. The minimum atomic E-state index is 0.193. The topological polar surface area (TPSA) is 61.3 Å². The Bertz CT molecular complexity index is 333. The number of nitrogens with one attached hydrogen (secondary N) is 1. The zero-order chi connectivity index (χ0) is 13.4. The van der Waals surface area contributed by atoms with Gasteiger partial charge in [-0.15, -0.1) is 10.2 Å². The summed E-state index contributed by atoms with van der Waals surface area (Å²) in [5.41, 5.74) is 0. The van der Waals surface area contributed by atoms with Gasteiger partial charge in [-0.25, -0.2) is 0 Å². The summed E-state index contributed by atoms with van der Waals surface area (Å²) >= 11 is 3.30. The largest absolute Gasteiger partial charge is 0.395 e. The quantitative estimate of drug-likeness (QED) is 0.671. The van der Waals surface area contributed by atoms with Crippen LogP contribution in [0.25, 0.3) is 0 Å². The van der Waals surface area contributed by atoms with E-state index in [9.17, 15) is 5.11 Å². The number of aliphatic hydroxyl groups excluding tert-OH is 1. The molecular weight excluding hydrogens is 268 g/mol. The first kappa shape index (κ1) is 15.7. The highest BCUT2D eigenvalue weighted by atomic mass is 32.2. The van der Waals surface area contributed by atoms with E-state index in [1.165, 1.54) is 0 Å². The number of aliphatic hydroxyl groups is 1. The van der Waals surface area contributed by atoms with E-state index in [2.05, 4.69) is 22.4 Å². The Labute approximate surface area is 117 Å². The van der Waals surface area contributed by atoms with Crippen molar-refractivity contribution in [3.8, 4) is 0 Å². The Balaban J connectivity index is 2.26. The van der Waals surface area contributed by atoms with Gasteiger partial charge in [0.2, 0.25) is 5.13 Å². The van der Waals surface area contributed by atoms with Crippen LogP contribution >= 0.6 is 23.1 Å². The van der Waals surface area contributed by atoms with Gasteiger partial charge in [-0.3, -0.25) is 0 Å². The Morgan fingerprint density at radius 3 is 2.78 bits per heavy atom. The summed E-state index contributed by atoms with van der Waals surface area (Å²) in [7, 11) is 3.93. The molecule has 0 saturated carbocycles. The molecule has 1 unspecified atom stereocenters. The van der Waals surface area contributed by atoms with E-state index in [0.29, 0.717) is 0 Å². The van der Waals surface area contributed by atoms with E-state index in [-0.39, 0.29) is 12.6 Å². The van der Waals surface area contributed by atoms with Crippen LogP contribution in [0.2, 0.25) is 0 Å². The fourth-order valence-corrected chi connectivity index (χ4v) is 3.22. The third-order valence-corrected chi connectivity index (χ3v) is 4.63. The standard InChI is InChI=1S/C11H22N4OS2/c1-4-6-12-9(8-16)5-7-17-11-14-13-10(18-11)15(2)3/h9,12,16H,4-8H2,1-3H3. The fourth-order valence-electron chi connectivity index (χ4n) is 1.34. The second-order valence-electron chi connectivity index (χ2n) is 4.22. The van der Waals surface area contributed by atoms with Crippen molar-refractivity contribution in [1.29, 1.82) is 0 Å². The maximum Gasteiger partial charge on any atom is 0.208 e. The molecule has 1 aromatic rings. The molecule has 1 rings (SSSR count). The summed E-state index contributed by atoms with van der Waals surface area (Å²) in [6.45, 7) is 3.28. The minimum Gasteiger partial charge on any atom is -0.395 e. The van der Waals surface area contributed by atoms with Gasteiger partial charge in [0.05, 0.1) is 6.61 Å². The lowest BCUT2D eigenvalue weighted by atomic mass is 10.2. The zero-order valence-electron chi connectivity index (χ0n) is 11.2. The normalized spacial score (nSPS) is 12.7. The van der Waals surface area contributed by atoms with E-state index in [4.69, 9.17) is 0 Å². The lowest BCUT2D eigenvalue weighted by Gasteiger charge is -2.14. The molecule has 18 heavy (non-hydrogen) atoms. The highest BCUT2D eigenvalue weighted by molar-refractivity contribution is 8.01. The van der Waals surface area contributed by atoms with Crippen LogP contribution in [-0.4, -0.2) is 54.3 Å². The molecule has 0 amide bonds. The Kier molecular flexibility index (Phi) is 7.57.